The molecule has 2 aromatic rings. The molecular formula is C22H25F3N2O5S. The Kier molecular flexibility index (Phi) is 6.56. The van der Waals surface area contributed by atoms with E-state index in [2.05, 4.69) is 14.8 Å². The molecule has 0 saturated heterocycles. The zero-order chi connectivity index (χ0) is 24.6. The van der Waals surface area contributed by atoms with E-state index < -0.39 is 21.8 Å². The van der Waals surface area contributed by atoms with E-state index in [-0.39, 0.29) is 29.3 Å². The third-order valence-electron chi connectivity index (χ3n) is 5.68. The van der Waals surface area contributed by atoms with Gasteiger partial charge in [-0.2, -0.15) is 0 Å². The van der Waals surface area contributed by atoms with Crippen molar-refractivity contribution in [3.05, 3.63) is 53.6 Å². The van der Waals surface area contributed by atoms with Crippen molar-refractivity contribution in [1.29, 1.82) is 0 Å². The largest absolute Gasteiger partial charge is 0.573 e. The number of rotatable bonds is 8. The normalized spacial score (nSPS) is 21.1. The van der Waals surface area contributed by atoms with Crippen molar-refractivity contribution in [3.8, 4) is 11.5 Å². The highest BCUT2D eigenvalue weighted by molar-refractivity contribution is 7.92. The second kappa shape index (κ2) is 8.77. The lowest BCUT2D eigenvalue weighted by Crippen LogP contribution is -2.30. The van der Waals surface area contributed by atoms with Gasteiger partial charge in [0.1, 0.15) is 11.5 Å². The van der Waals surface area contributed by atoms with Crippen LogP contribution in [0.1, 0.15) is 37.4 Å². The Morgan fingerprint density at radius 2 is 1.82 bits per heavy atom. The first-order valence-electron chi connectivity index (χ1n) is 10.0. The molecule has 2 N–H and O–H groups in total. The highest BCUT2D eigenvalue weighted by atomic mass is 32.2. The number of hydrogen-bond acceptors (Lipinski definition) is 5. The fourth-order valence-corrected chi connectivity index (χ4v) is 4.33. The van der Waals surface area contributed by atoms with Crippen LogP contribution in [0.15, 0.2) is 42.5 Å². The zero-order valence-corrected chi connectivity index (χ0v) is 19.3. The Balaban J connectivity index is 1.66. The summed E-state index contributed by atoms with van der Waals surface area (Å²) in [5.41, 5.74) is 1.27. The molecule has 7 nitrogen and oxygen atoms in total. The summed E-state index contributed by atoms with van der Waals surface area (Å²) in [5.74, 6) is -0.510. The monoisotopic (exact) mass is 486 g/mol. The number of ether oxygens (including phenoxy) is 2. The molecule has 0 bridgehead atoms. The first-order chi connectivity index (χ1) is 15.2. The van der Waals surface area contributed by atoms with Crippen LogP contribution in [-0.2, 0) is 20.2 Å². The number of halogens is 3. The Morgan fingerprint density at radius 3 is 2.36 bits per heavy atom. The molecule has 1 amide bonds. The van der Waals surface area contributed by atoms with E-state index in [0.29, 0.717) is 12.2 Å². The SMILES string of the molecule is COc1cc(C(C)NC(=O)C2CC2(C)c2ccc(OC(F)(F)F)cc2)ccc1NS(C)(=O)=O. The van der Waals surface area contributed by atoms with Gasteiger partial charge in [0.05, 0.1) is 25.1 Å². The molecular weight excluding hydrogens is 461 g/mol. The van der Waals surface area contributed by atoms with Crippen LogP contribution >= 0.6 is 0 Å². The number of methoxy groups -OCH3 is 1. The maximum absolute atomic E-state index is 12.8. The fourth-order valence-electron chi connectivity index (χ4n) is 3.76. The molecule has 3 unspecified atom stereocenters. The first kappa shape index (κ1) is 24.7. The third-order valence-corrected chi connectivity index (χ3v) is 6.27. The van der Waals surface area contributed by atoms with Gasteiger partial charge in [-0.15, -0.1) is 13.2 Å². The number of hydrogen-bond donors (Lipinski definition) is 2. The molecule has 1 aliphatic carbocycles. The van der Waals surface area contributed by atoms with Crippen LogP contribution in [0.2, 0.25) is 0 Å². The highest BCUT2D eigenvalue weighted by Gasteiger charge is 2.55. The molecule has 1 saturated carbocycles. The highest BCUT2D eigenvalue weighted by Crippen LogP contribution is 2.54. The minimum Gasteiger partial charge on any atom is -0.495 e. The minimum absolute atomic E-state index is 0.182. The van der Waals surface area contributed by atoms with Crippen LogP contribution in [0.25, 0.3) is 0 Å². The van der Waals surface area contributed by atoms with Gasteiger partial charge in [0, 0.05) is 11.3 Å². The van der Waals surface area contributed by atoms with Crippen molar-refractivity contribution in [3.63, 3.8) is 0 Å². The average Bonchev–Trinajstić information content (AvgIpc) is 3.39. The van der Waals surface area contributed by atoms with Crippen molar-refractivity contribution in [2.45, 2.75) is 38.1 Å². The molecule has 33 heavy (non-hydrogen) atoms. The van der Waals surface area contributed by atoms with E-state index in [4.69, 9.17) is 4.74 Å². The van der Waals surface area contributed by atoms with Gasteiger partial charge in [0.15, 0.2) is 0 Å². The zero-order valence-electron chi connectivity index (χ0n) is 18.5. The number of sulfonamides is 1. The van der Waals surface area contributed by atoms with Crippen LogP contribution in [-0.4, -0.2) is 34.1 Å². The van der Waals surface area contributed by atoms with Crippen molar-refractivity contribution in [2.75, 3.05) is 18.1 Å². The van der Waals surface area contributed by atoms with Crippen LogP contribution in [0.4, 0.5) is 18.9 Å². The van der Waals surface area contributed by atoms with Gasteiger partial charge in [0.25, 0.3) is 0 Å². The van der Waals surface area contributed by atoms with Crippen LogP contribution in [0.5, 0.6) is 11.5 Å². The molecule has 0 aromatic heterocycles. The second-order valence-corrected chi connectivity index (χ2v) is 10.1. The molecule has 1 aliphatic rings. The lowest BCUT2D eigenvalue weighted by Gasteiger charge is -2.18. The molecule has 2 aromatic carbocycles. The standard InChI is InChI=1S/C22H25F3N2O5S/c1-13(14-5-10-18(19(11-14)31-3)27-33(4,29)30)26-20(28)17-12-21(17,2)15-6-8-16(9-7-15)32-22(23,24)25/h5-11,13,17,27H,12H2,1-4H3,(H,26,28). The Hall–Kier alpha value is -2.95. The number of carbonyl (C=O) groups excluding carboxylic acids is 1. The number of carbonyl (C=O) groups is 1. The summed E-state index contributed by atoms with van der Waals surface area (Å²) >= 11 is 0. The summed E-state index contributed by atoms with van der Waals surface area (Å²) in [6.45, 7) is 3.68. The van der Waals surface area contributed by atoms with Crippen molar-refractivity contribution >= 4 is 21.6 Å². The van der Waals surface area contributed by atoms with E-state index in [0.717, 1.165) is 17.4 Å². The van der Waals surface area contributed by atoms with E-state index >= 15 is 0 Å². The molecule has 0 heterocycles. The maximum atomic E-state index is 12.8. The quantitative estimate of drug-likeness (QED) is 0.586. The maximum Gasteiger partial charge on any atom is 0.573 e. The predicted molar refractivity (Wildman–Crippen MR) is 117 cm³/mol. The lowest BCUT2D eigenvalue weighted by atomic mass is 9.95. The fraction of sp³-hybridized carbons (Fsp3) is 0.409. The lowest BCUT2D eigenvalue weighted by molar-refractivity contribution is -0.274. The van der Waals surface area contributed by atoms with Crippen LogP contribution in [0.3, 0.4) is 0 Å². The summed E-state index contributed by atoms with van der Waals surface area (Å²) in [6, 6.07) is 10.1. The number of alkyl halides is 3. The predicted octanol–water partition coefficient (Wildman–Crippen LogP) is 4.12. The molecule has 0 radical (unpaired) electrons. The van der Waals surface area contributed by atoms with Gasteiger partial charge < -0.3 is 14.8 Å². The van der Waals surface area contributed by atoms with Crippen LogP contribution < -0.4 is 19.5 Å². The van der Waals surface area contributed by atoms with Crippen molar-refractivity contribution < 1.29 is 35.9 Å². The minimum atomic E-state index is -4.76. The summed E-state index contributed by atoms with van der Waals surface area (Å²) in [7, 11) is -2.07. The molecule has 180 valence electrons. The van der Waals surface area contributed by atoms with E-state index in [1.54, 1.807) is 25.1 Å². The molecule has 11 heteroatoms. The number of nitrogens with one attached hydrogen (secondary N) is 2. The van der Waals surface area contributed by atoms with E-state index in [1.807, 2.05) is 6.92 Å². The van der Waals surface area contributed by atoms with Gasteiger partial charge in [-0.25, -0.2) is 8.42 Å². The number of anilines is 1. The summed E-state index contributed by atoms with van der Waals surface area (Å²) < 4.78 is 71.5. The smallest absolute Gasteiger partial charge is 0.495 e. The Morgan fingerprint density at radius 1 is 1.18 bits per heavy atom. The van der Waals surface area contributed by atoms with E-state index in [9.17, 15) is 26.4 Å². The number of amides is 1. The van der Waals surface area contributed by atoms with Gasteiger partial charge >= 0.3 is 6.36 Å². The molecule has 3 atom stereocenters. The third kappa shape index (κ3) is 6.10. The van der Waals surface area contributed by atoms with Crippen molar-refractivity contribution in [1.82, 2.24) is 5.32 Å². The van der Waals surface area contributed by atoms with Gasteiger partial charge in [-0.3, -0.25) is 9.52 Å². The summed E-state index contributed by atoms with van der Waals surface area (Å²) in [4.78, 5) is 12.8. The molecule has 1 fully saturated rings. The Labute approximate surface area is 190 Å². The second-order valence-electron chi connectivity index (χ2n) is 8.31. The van der Waals surface area contributed by atoms with E-state index in [1.165, 1.54) is 31.4 Å². The van der Waals surface area contributed by atoms with Crippen LogP contribution in [0, 0.1) is 5.92 Å². The molecule has 0 aliphatic heterocycles. The summed E-state index contributed by atoms with van der Waals surface area (Å²) in [6.07, 6.45) is -3.16. The van der Waals surface area contributed by atoms with Gasteiger partial charge in [0.2, 0.25) is 15.9 Å². The van der Waals surface area contributed by atoms with Gasteiger partial charge in [-0.05, 0) is 48.7 Å². The van der Waals surface area contributed by atoms with Crippen molar-refractivity contribution in [2.24, 2.45) is 5.92 Å². The molecule has 0 spiro atoms. The number of benzene rings is 2. The van der Waals surface area contributed by atoms with Gasteiger partial charge in [-0.1, -0.05) is 25.1 Å². The summed E-state index contributed by atoms with van der Waals surface area (Å²) in [5, 5.41) is 2.94. The Bertz CT molecular complexity index is 1140. The average molecular weight is 487 g/mol. The first-order valence-corrected chi connectivity index (χ1v) is 11.9. The molecule has 3 rings (SSSR count). The topological polar surface area (TPSA) is 93.7 Å².